The van der Waals surface area contributed by atoms with Crippen LogP contribution in [-0.2, 0) is 30.0 Å². The molecule has 3 saturated heterocycles. The molecule has 8 rings (SSSR count). The fourth-order valence-corrected chi connectivity index (χ4v) is 9.95. The van der Waals surface area contributed by atoms with Crippen molar-refractivity contribution in [3.05, 3.63) is 28.8 Å². The lowest BCUT2D eigenvalue weighted by atomic mass is 9.96. The van der Waals surface area contributed by atoms with Gasteiger partial charge in [-0.15, -0.1) is 0 Å². The molecule has 4 fully saturated rings. The van der Waals surface area contributed by atoms with E-state index in [1.807, 2.05) is 4.90 Å². The molecule has 14 nitrogen and oxygen atoms in total. The Bertz CT molecular complexity index is 2280. The molecule has 2 bridgehead atoms. The Morgan fingerprint density at radius 3 is 2.53 bits per heavy atom. The van der Waals surface area contributed by atoms with Gasteiger partial charge in [-0.3, -0.25) is 13.9 Å². The highest BCUT2D eigenvalue weighted by Crippen LogP contribution is 2.50. The first-order chi connectivity index (χ1) is 27.9. The third-order valence-electron chi connectivity index (χ3n) is 12.6. The van der Waals surface area contributed by atoms with Crippen LogP contribution in [0, 0.1) is 24.0 Å². The molecule has 2 N–H and O–H groups in total. The summed E-state index contributed by atoms with van der Waals surface area (Å²) in [6, 6.07) is -0.981. The summed E-state index contributed by atoms with van der Waals surface area (Å²) < 4.78 is 125. The Hall–Kier alpha value is -4.14. The molecule has 1 aliphatic carbocycles. The first kappa shape index (κ1) is 41.6. The normalized spacial score (nSPS) is 25.7. The smallest absolute Gasteiger partial charge is 0.417 e. The number of amides is 1. The largest absolute Gasteiger partial charge is 0.472 e. The van der Waals surface area contributed by atoms with Gasteiger partial charge in [-0.25, -0.2) is 13.8 Å². The standard InChI is InChI=1S/C39H48F5N7O7S/c1-6-26(58-59(53,54)7-2)36(52)51-22-8-9-25(51)33-21(5)57-35-27-32(30(41)31(46-35)23-14-24(45)29(40)20(4)28(23)39(42,43)44)47-37(48-34(27)50(33)15-22)56-18-38(10-11-38)17-49-12-13-55-16-19(49)3/h14,19,21-22,25-26,33H,6-13,15-18,45H2,1-5H3/t19-,21+,22-,25+,26-,33-/m1/s1. The van der Waals surface area contributed by atoms with Gasteiger partial charge in [0.05, 0.1) is 48.9 Å². The van der Waals surface area contributed by atoms with Crippen LogP contribution in [-0.4, -0.2) is 121 Å². The maximum absolute atomic E-state index is 17.2. The Kier molecular flexibility index (Phi) is 10.6. The number of nitrogens with two attached hydrogens (primary N) is 1. The van der Waals surface area contributed by atoms with Gasteiger partial charge in [0.25, 0.3) is 16.0 Å². The minimum Gasteiger partial charge on any atom is -0.472 e. The van der Waals surface area contributed by atoms with Crippen LogP contribution < -0.4 is 20.1 Å². The number of piperazine rings is 1. The van der Waals surface area contributed by atoms with Crippen molar-refractivity contribution in [2.24, 2.45) is 5.41 Å². The summed E-state index contributed by atoms with van der Waals surface area (Å²) in [5.74, 6) is -3.47. The number of hydrogen-bond donors (Lipinski definition) is 1. The number of aromatic nitrogens is 3. The second-order valence-electron chi connectivity index (χ2n) is 16.5. The van der Waals surface area contributed by atoms with Gasteiger partial charge in [-0.1, -0.05) is 6.92 Å². The fraction of sp³-hybridized carbons (Fsp3) is 0.641. The van der Waals surface area contributed by atoms with Crippen LogP contribution in [0.1, 0.15) is 70.9 Å². The fourth-order valence-electron chi connectivity index (χ4n) is 9.24. The zero-order chi connectivity index (χ0) is 42.3. The molecular weight excluding hydrogens is 806 g/mol. The molecule has 6 atom stereocenters. The van der Waals surface area contributed by atoms with Gasteiger partial charge in [0.1, 0.15) is 34.3 Å². The van der Waals surface area contributed by atoms with Crippen LogP contribution in [0.5, 0.6) is 11.9 Å². The molecule has 4 aliphatic heterocycles. The highest BCUT2D eigenvalue weighted by atomic mass is 32.2. The first-order valence-corrected chi connectivity index (χ1v) is 21.6. The van der Waals surface area contributed by atoms with Gasteiger partial charge in [0.2, 0.25) is 5.88 Å². The van der Waals surface area contributed by atoms with Crippen molar-refractivity contribution in [2.75, 3.05) is 55.8 Å². The van der Waals surface area contributed by atoms with Crippen LogP contribution in [0.4, 0.5) is 33.5 Å². The number of pyridine rings is 1. The molecule has 0 unspecified atom stereocenters. The molecule has 3 aromatic rings. The molecule has 0 radical (unpaired) electrons. The third kappa shape index (κ3) is 7.41. The molecule has 6 heterocycles. The summed E-state index contributed by atoms with van der Waals surface area (Å²) in [5.41, 5.74) is 0.651. The number of ether oxygens (including phenoxy) is 3. The molecule has 59 heavy (non-hydrogen) atoms. The van der Waals surface area contributed by atoms with Crippen LogP contribution in [0.2, 0.25) is 0 Å². The Morgan fingerprint density at radius 1 is 1.12 bits per heavy atom. The predicted molar refractivity (Wildman–Crippen MR) is 205 cm³/mol. The number of hydrogen-bond acceptors (Lipinski definition) is 13. The summed E-state index contributed by atoms with van der Waals surface area (Å²) in [6.45, 7) is 10.8. The maximum atomic E-state index is 17.2. The topological polar surface area (TPSA) is 163 Å². The number of rotatable bonds is 11. The quantitative estimate of drug-likeness (QED) is 0.152. The highest BCUT2D eigenvalue weighted by Gasteiger charge is 2.54. The van der Waals surface area contributed by atoms with Crippen LogP contribution in [0.3, 0.4) is 0 Å². The number of carbonyl (C=O) groups is 1. The van der Waals surface area contributed by atoms with Gasteiger partial charge in [-0.05, 0) is 71.4 Å². The molecule has 1 aromatic carbocycles. The molecule has 0 spiro atoms. The average Bonchev–Trinajstić information content (AvgIpc) is 3.91. The summed E-state index contributed by atoms with van der Waals surface area (Å²) in [5, 5.41) is -0.0143. The average molecular weight is 854 g/mol. The lowest BCUT2D eigenvalue weighted by Gasteiger charge is -2.48. The van der Waals surface area contributed by atoms with Gasteiger partial charge in [0, 0.05) is 42.7 Å². The molecular formula is C39H48F5N7O7S. The predicted octanol–water partition coefficient (Wildman–Crippen LogP) is 5.23. The molecule has 322 valence electrons. The van der Waals surface area contributed by atoms with Crippen LogP contribution in [0.25, 0.3) is 22.2 Å². The molecule has 2 aromatic heterocycles. The van der Waals surface area contributed by atoms with Gasteiger partial charge < -0.3 is 29.7 Å². The number of fused-ring (bicyclic) bond motifs is 5. The first-order valence-electron chi connectivity index (χ1n) is 20.0. The van der Waals surface area contributed by atoms with E-state index in [4.69, 9.17) is 29.1 Å². The SMILES string of the molecule is CC[C@@H](OS(=O)(=O)CC)C(=O)N1[C@@H]2CC[C@H]1[C@H]1[C@H](C)Oc3nc(-c4cc(N)c(F)c(C)c4C(F)(F)F)c(F)c4nc(OCC5(CN6CCOC[C@H]6C)CC5)nc(c34)N1C2. The van der Waals surface area contributed by atoms with E-state index in [1.54, 1.807) is 18.7 Å². The van der Waals surface area contributed by atoms with Crippen molar-refractivity contribution in [2.45, 2.75) is 109 Å². The number of alkyl halides is 3. The third-order valence-corrected chi connectivity index (χ3v) is 13.8. The summed E-state index contributed by atoms with van der Waals surface area (Å²) in [4.78, 5) is 33.7. The van der Waals surface area contributed by atoms with E-state index < -0.39 is 97.8 Å². The number of morpholine rings is 1. The zero-order valence-corrected chi connectivity index (χ0v) is 34.3. The minimum absolute atomic E-state index is 0.0143. The second kappa shape index (κ2) is 15.1. The Morgan fingerprint density at radius 2 is 1.86 bits per heavy atom. The summed E-state index contributed by atoms with van der Waals surface area (Å²) in [7, 11) is -3.98. The summed E-state index contributed by atoms with van der Waals surface area (Å²) >= 11 is 0. The van der Waals surface area contributed by atoms with E-state index in [0.717, 1.165) is 32.9 Å². The van der Waals surface area contributed by atoms with E-state index >= 15 is 4.39 Å². The monoisotopic (exact) mass is 853 g/mol. The Labute approximate surface area is 338 Å². The number of benzene rings is 1. The van der Waals surface area contributed by atoms with Crippen molar-refractivity contribution in [3.8, 4) is 23.1 Å². The minimum atomic E-state index is -5.13. The summed E-state index contributed by atoms with van der Waals surface area (Å²) in [6.07, 6.45) is -4.36. The lowest BCUT2D eigenvalue weighted by molar-refractivity contribution is -0.143. The van der Waals surface area contributed by atoms with E-state index in [0.29, 0.717) is 32.1 Å². The van der Waals surface area contributed by atoms with Crippen molar-refractivity contribution in [1.82, 2.24) is 24.8 Å². The number of anilines is 2. The van der Waals surface area contributed by atoms with Crippen LogP contribution >= 0.6 is 0 Å². The van der Waals surface area contributed by atoms with Crippen molar-refractivity contribution in [1.29, 1.82) is 0 Å². The molecule has 5 aliphatic rings. The van der Waals surface area contributed by atoms with Crippen molar-refractivity contribution >= 4 is 38.4 Å². The highest BCUT2D eigenvalue weighted by molar-refractivity contribution is 7.86. The van der Waals surface area contributed by atoms with E-state index in [1.165, 1.54) is 6.92 Å². The molecule has 1 amide bonds. The lowest BCUT2D eigenvalue weighted by Crippen LogP contribution is -2.66. The second-order valence-corrected chi connectivity index (χ2v) is 18.4. The van der Waals surface area contributed by atoms with E-state index in [9.17, 15) is 30.8 Å². The van der Waals surface area contributed by atoms with Gasteiger partial charge >= 0.3 is 12.2 Å². The zero-order valence-electron chi connectivity index (χ0n) is 33.4. The van der Waals surface area contributed by atoms with Gasteiger partial charge in [-0.2, -0.15) is 31.6 Å². The Balaban J connectivity index is 1.24. The van der Waals surface area contributed by atoms with Crippen LogP contribution in [0.15, 0.2) is 6.07 Å². The maximum Gasteiger partial charge on any atom is 0.417 e. The van der Waals surface area contributed by atoms with Gasteiger partial charge in [0.15, 0.2) is 11.9 Å². The van der Waals surface area contributed by atoms with E-state index in [-0.39, 0.29) is 59.9 Å². The number of halogens is 5. The molecule has 20 heteroatoms. The van der Waals surface area contributed by atoms with E-state index in [2.05, 4.69) is 21.8 Å². The number of carbonyl (C=O) groups excluding carboxylic acids is 1. The number of nitrogens with zero attached hydrogens (tertiary/aromatic N) is 6. The van der Waals surface area contributed by atoms with Crippen molar-refractivity contribution < 1.29 is 53.6 Å². The molecule has 1 saturated carbocycles. The number of nitrogen functional groups attached to an aromatic ring is 1. The van der Waals surface area contributed by atoms with Crippen molar-refractivity contribution in [3.63, 3.8) is 0 Å².